The molecule has 0 saturated carbocycles. The van der Waals surface area contributed by atoms with E-state index in [4.69, 9.17) is 0 Å². The van der Waals surface area contributed by atoms with Gasteiger partial charge in [-0.3, -0.25) is 4.79 Å². The van der Waals surface area contributed by atoms with Crippen LogP contribution in [0.25, 0.3) is 5.82 Å². The molecule has 3 heterocycles. The lowest BCUT2D eigenvalue weighted by Gasteiger charge is -2.33. The van der Waals surface area contributed by atoms with Crippen molar-refractivity contribution in [3.8, 4) is 5.82 Å². The van der Waals surface area contributed by atoms with E-state index >= 15 is 0 Å². The van der Waals surface area contributed by atoms with E-state index in [9.17, 15) is 13.2 Å². The fraction of sp³-hybridized carbons (Fsp3) is 0.318. The average Bonchev–Trinajstić information content (AvgIpc) is 3.21. The Bertz CT molecular complexity index is 1180. The number of rotatable bonds is 6. The summed E-state index contributed by atoms with van der Waals surface area (Å²) in [6.45, 7) is 7.21. The van der Waals surface area contributed by atoms with Crippen LogP contribution >= 0.6 is 0 Å². The number of carbonyl (C=O) groups is 1. The van der Waals surface area contributed by atoms with Crippen molar-refractivity contribution in [2.24, 2.45) is 0 Å². The predicted octanol–water partition coefficient (Wildman–Crippen LogP) is 2.15. The molecule has 168 valence electrons. The zero-order chi connectivity index (χ0) is 22.7. The fourth-order valence-electron chi connectivity index (χ4n) is 3.69. The topological polar surface area (TPSA) is 100 Å². The van der Waals surface area contributed by atoms with Gasteiger partial charge in [-0.25, -0.2) is 18.1 Å². The van der Waals surface area contributed by atoms with E-state index in [1.54, 1.807) is 29.9 Å². The molecule has 0 aliphatic carbocycles. The highest BCUT2D eigenvalue weighted by Gasteiger charge is 2.28. The minimum atomic E-state index is -3.55. The van der Waals surface area contributed by atoms with Crippen LogP contribution in [0.5, 0.6) is 0 Å². The molecule has 1 amide bonds. The molecule has 9 nitrogen and oxygen atoms in total. The summed E-state index contributed by atoms with van der Waals surface area (Å²) in [6.07, 6.45) is 3.16. The summed E-state index contributed by atoms with van der Waals surface area (Å²) in [4.78, 5) is 19.5. The minimum Gasteiger partial charge on any atom is -0.322 e. The molecule has 0 atom stereocenters. The number of anilines is 1. The second-order valence-electron chi connectivity index (χ2n) is 7.56. The first-order chi connectivity index (χ1) is 15.4. The highest BCUT2D eigenvalue weighted by Crippen LogP contribution is 2.21. The number of hydrogen-bond donors (Lipinski definition) is 1. The zero-order valence-electron chi connectivity index (χ0n) is 18.1. The molecule has 1 saturated heterocycles. The van der Waals surface area contributed by atoms with Gasteiger partial charge < -0.3 is 10.2 Å². The van der Waals surface area contributed by atoms with Crippen molar-refractivity contribution < 1.29 is 13.2 Å². The predicted molar refractivity (Wildman–Crippen MR) is 121 cm³/mol. The second-order valence-corrected chi connectivity index (χ2v) is 9.50. The first kappa shape index (κ1) is 22.1. The van der Waals surface area contributed by atoms with Crippen LogP contribution in [0.1, 0.15) is 23.0 Å². The highest BCUT2D eigenvalue weighted by molar-refractivity contribution is 7.89. The van der Waals surface area contributed by atoms with Gasteiger partial charge in [-0.1, -0.05) is 13.0 Å². The number of carbonyl (C=O) groups excluding carboxylic acids is 1. The number of likely N-dealkylation sites (N-methyl/N-ethyl adjacent to an activating group) is 1. The Balaban J connectivity index is 1.45. The quantitative estimate of drug-likeness (QED) is 0.613. The minimum absolute atomic E-state index is 0.222. The van der Waals surface area contributed by atoms with Gasteiger partial charge in [0, 0.05) is 38.1 Å². The number of hydrogen-bond acceptors (Lipinski definition) is 6. The molecular weight excluding hydrogens is 428 g/mol. The average molecular weight is 455 g/mol. The second kappa shape index (κ2) is 9.19. The number of aromatic nitrogens is 3. The number of amides is 1. The lowest BCUT2D eigenvalue weighted by molar-refractivity contribution is 0.102. The standard InChI is InChI=1S/C22H26N6O3S/c1-3-26-12-14-27(15-13-26)32(30,31)19-9-7-18(8-10-19)25-22(29)20-16-24-28(17(20)2)21-6-4-5-11-23-21/h4-11,16H,3,12-15H2,1-2H3,(H,25,29). The van der Waals surface area contributed by atoms with Crippen molar-refractivity contribution in [1.82, 2.24) is 24.0 Å². The van der Waals surface area contributed by atoms with Crippen LogP contribution < -0.4 is 5.32 Å². The van der Waals surface area contributed by atoms with Gasteiger partial charge in [0.05, 0.1) is 22.3 Å². The Morgan fingerprint density at radius 2 is 1.78 bits per heavy atom. The Kier molecular flexibility index (Phi) is 6.35. The molecule has 32 heavy (non-hydrogen) atoms. The maximum absolute atomic E-state index is 12.9. The van der Waals surface area contributed by atoms with Crippen molar-refractivity contribution in [3.05, 3.63) is 66.1 Å². The molecule has 3 aromatic rings. The number of benzene rings is 1. The lowest BCUT2D eigenvalue weighted by atomic mass is 10.2. The lowest BCUT2D eigenvalue weighted by Crippen LogP contribution is -2.48. The summed E-state index contributed by atoms with van der Waals surface area (Å²) in [5.74, 6) is 0.300. The third-order valence-electron chi connectivity index (χ3n) is 5.65. The normalized spacial score (nSPS) is 15.6. The Morgan fingerprint density at radius 1 is 1.06 bits per heavy atom. The first-order valence-corrected chi connectivity index (χ1v) is 11.9. The van der Waals surface area contributed by atoms with Gasteiger partial charge in [-0.2, -0.15) is 9.40 Å². The van der Waals surface area contributed by atoms with E-state index in [-0.39, 0.29) is 10.8 Å². The molecule has 1 N–H and O–H groups in total. The number of piperazine rings is 1. The van der Waals surface area contributed by atoms with E-state index in [0.717, 1.165) is 19.6 Å². The van der Waals surface area contributed by atoms with E-state index < -0.39 is 10.0 Å². The SMILES string of the molecule is CCN1CCN(S(=O)(=O)c2ccc(NC(=O)c3cnn(-c4ccccn4)c3C)cc2)CC1. The Labute approximate surface area is 187 Å². The zero-order valence-corrected chi connectivity index (χ0v) is 18.9. The summed E-state index contributed by atoms with van der Waals surface area (Å²) in [7, 11) is -3.55. The molecule has 0 radical (unpaired) electrons. The molecule has 4 rings (SSSR count). The van der Waals surface area contributed by atoms with Crippen LogP contribution in [0.2, 0.25) is 0 Å². The molecule has 1 aliphatic rings. The maximum atomic E-state index is 12.9. The van der Waals surface area contributed by atoms with Crippen molar-refractivity contribution >= 4 is 21.6 Å². The molecule has 0 bridgehead atoms. The number of nitrogens with one attached hydrogen (secondary N) is 1. The van der Waals surface area contributed by atoms with Crippen LogP contribution in [0, 0.1) is 6.92 Å². The summed E-state index contributed by atoms with van der Waals surface area (Å²) < 4.78 is 29.0. The van der Waals surface area contributed by atoms with Crippen molar-refractivity contribution in [1.29, 1.82) is 0 Å². The third kappa shape index (κ3) is 4.43. The molecule has 2 aromatic heterocycles. The smallest absolute Gasteiger partial charge is 0.259 e. The van der Waals surface area contributed by atoms with E-state index in [1.165, 1.54) is 22.6 Å². The van der Waals surface area contributed by atoms with Crippen LogP contribution in [-0.4, -0.2) is 71.0 Å². The van der Waals surface area contributed by atoms with Crippen LogP contribution in [0.15, 0.2) is 59.8 Å². The molecule has 1 aromatic carbocycles. The van der Waals surface area contributed by atoms with Crippen molar-refractivity contribution in [2.75, 3.05) is 38.0 Å². The van der Waals surface area contributed by atoms with Gasteiger partial charge in [0.1, 0.15) is 0 Å². The molecule has 1 fully saturated rings. The van der Waals surface area contributed by atoms with Gasteiger partial charge in [-0.05, 0) is 49.9 Å². The van der Waals surface area contributed by atoms with E-state index in [1.807, 2.05) is 18.2 Å². The van der Waals surface area contributed by atoms with Gasteiger partial charge in [0.15, 0.2) is 5.82 Å². The van der Waals surface area contributed by atoms with Crippen molar-refractivity contribution in [3.63, 3.8) is 0 Å². The molecule has 0 spiro atoms. The largest absolute Gasteiger partial charge is 0.322 e. The van der Waals surface area contributed by atoms with Crippen molar-refractivity contribution in [2.45, 2.75) is 18.7 Å². The molecule has 1 aliphatic heterocycles. The number of pyridine rings is 1. The number of sulfonamides is 1. The van der Waals surface area contributed by atoms with Gasteiger partial charge >= 0.3 is 0 Å². The van der Waals surface area contributed by atoms with Crippen LogP contribution in [0.4, 0.5) is 5.69 Å². The fourth-order valence-corrected chi connectivity index (χ4v) is 5.11. The van der Waals surface area contributed by atoms with Gasteiger partial charge in [-0.15, -0.1) is 0 Å². The summed E-state index contributed by atoms with van der Waals surface area (Å²) >= 11 is 0. The summed E-state index contributed by atoms with van der Waals surface area (Å²) in [5, 5.41) is 7.07. The maximum Gasteiger partial charge on any atom is 0.259 e. The summed E-state index contributed by atoms with van der Waals surface area (Å²) in [5.41, 5.74) is 1.59. The Morgan fingerprint density at radius 3 is 2.41 bits per heavy atom. The molecule has 0 unspecified atom stereocenters. The van der Waals surface area contributed by atoms with E-state index in [0.29, 0.717) is 35.9 Å². The number of nitrogens with zero attached hydrogens (tertiary/aromatic N) is 5. The van der Waals surface area contributed by atoms with E-state index in [2.05, 4.69) is 27.2 Å². The molecular formula is C22H26N6O3S. The monoisotopic (exact) mass is 454 g/mol. The van der Waals surface area contributed by atoms with Crippen LogP contribution in [-0.2, 0) is 10.0 Å². The highest BCUT2D eigenvalue weighted by atomic mass is 32.2. The molecule has 10 heteroatoms. The first-order valence-electron chi connectivity index (χ1n) is 10.5. The van der Waals surface area contributed by atoms with Crippen LogP contribution in [0.3, 0.4) is 0 Å². The summed E-state index contributed by atoms with van der Waals surface area (Å²) in [6, 6.07) is 11.7. The Hall–Kier alpha value is -3.08. The van der Waals surface area contributed by atoms with Gasteiger partial charge in [0.2, 0.25) is 10.0 Å². The van der Waals surface area contributed by atoms with Gasteiger partial charge in [0.25, 0.3) is 5.91 Å². The third-order valence-corrected chi connectivity index (χ3v) is 7.56.